The molecule has 0 bridgehead atoms. The van der Waals surface area contributed by atoms with Gasteiger partial charge in [0.1, 0.15) is 16.9 Å². The second kappa shape index (κ2) is 9.23. The Bertz CT molecular complexity index is 1490. The van der Waals surface area contributed by atoms with E-state index in [0.29, 0.717) is 45.6 Å². The molecule has 0 spiro atoms. The van der Waals surface area contributed by atoms with Gasteiger partial charge >= 0.3 is 11.3 Å². The Balaban J connectivity index is 1.59. The summed E-state index contributed by atoms with van der Waals surface area (Å²) in [5, 5.41) is 21.4. The first kappa shape index (κ1) is 22.6. The van der Waals surface area contributed by atoms with Crippen molar-refractivity contribution in [2.45, 2.75) is 6.54 Å². The fourth-order valence-electron chi connectivity index (χ4n) is 4.47. The zero-order valence-corrected chi connectivity index (χ0v) is 19.0. The van der Waals surface area contributed by atoms with Gasteiger partial charge in [-0.25, -0.2) is 9.59 Å². The average molecular weight is 483 g/mol. The number of hydrogen-bond acceptors (Lipinski definition) is 8. The molecule has 0 radical (unpaired) electrons. The summed E-state index contributed by atoms with van der Waals surface area (Å²) >= 11 is 6.10. The van der Waals surface area contributed by atoms with Gasteiger partial charge in [0.2, 0.25) is 0 Å². The lowest BCUT2D eigenvalue weighted by atomic mass is 9.99. The Morgan fingerprint density at radius 2 is 1.68 bits per heavy atom. The van der Waals surface area contributed by atoms with Crippen LogP contribution in [0.25, 0.3) is 33.1 Å². The smallest absolute Gasteiger partial charge is 0.344 e. The largest absolute Gasteiger partial charge is 0.507 e. The molecule has 3 heterocycles. The summed E-state index contributed by atoms with van der Waals surface area (Å²) in [5.41, 5.74) is 0.483. The van der Waals surface area contributed by atoms with E-state index in [-0.39, 0.29) is 23.5 Å². The molecule has 0 atom stereocenters. The maximum absolute atomic E-state index is 12.8. The Labute approximate surface area is 199 Å². The van der Waals surface area contributed by atoms with Crippen molar-refractivity contribution in [3.8, 4) is 16.9 Å². The number of aliphatic hydroxyl groups excluding tert-OH is 1. The SMILES string of the molecule is O=c1cc(-c2cc3cc(Cl)ccc3oc2=O)c2ccc(O)c(CN3CCN(CCO)CC3)c2o1. The molecule has 0 unspecified atom stereocenters. The predicted octanol–water partition coefficient (Wildman–Crippen LogP) is 3.04. The fourth-order valence-corrected chi connectivity index (χ4v) is 4.65. The Kier molecular flexibility index (Phi) is 6.14. The van der Waals surface area contributed by atoms with E-state index in [1.807, 2.05) is 0 Å². The van der Waals surface area contributed by atoms with E-state index in [9.17, 15) is 14.7 Å². The van der Waals surface area contributed by atoms with Gasteiger partial charge in [0.25, 0.3) is 0 Å². The van der Waals surface area contributed by atoms with Crippen LogP contribution in [0.3, 0.4) is 0 Å². The van der Waals surface area contributed by atoms with Crippen molar-refractivity contribution < 1.29 is 19.0 Å². The van der Waals surface area contributed by atoms with Crippen molar-refractivity contribution in [2.75, 3.05) is 39.3 Å². The Morgan fingerprint density at radius 3 is 2.44 bits per heavy atom. The van der Waals surface area contributed by atoms with Crippen LogP contribution in [0.15, 0.2) is 60.9 Å². The number of piperazine rings is 1. The molecule has 2 aromatic carbocycles. The zero-order valence-electron chi connectivity index (χ0n) is 18.3. The molecule has 176 valence electrons. The number of phenols is 1. The quantitative estimate of drug-likeness (QED) is 0.418. The summed E-state index contributed by atoms with van der Waals surface area (Å²) in [6.07, 6.45) is 0. The molecule has 5 rings (SSSR count). The molecule has 34 heavy (non-hydrogen) atoms. The van der Waals surface area contributed by atoms with Crippen molar-refractivity contribution in [3.63, 3.8) is 0 Å². The van der Waals surface area contributed by atoms with Crippen LogP contribution in [0.1, 0.15) is 5.56 Å². The van der Waals surface area contributed by atoms with Gasteiger partial charge in [0.15, 0.2) is 0 Å². The van der Waals surface area contributed by atoms with Crippen molar-refractivity contribution in [2.24, 2.45) is 0 Å². The van der Waals surface area contributed by atoms with Crippen LogP contribution in [-0.2, 0) is 6.54 Å². The van der Waals surface area contributed by atoms with Gasteiger partial charge in [0.05, 0.1) is 17.7 Å². The van der Waals surface area contributed by atoms with Crippen LogP contribution < -0.4 is 11.3 Å². The van der Waals surface area contributed by atoms with Crippen LogP contribution in [0.2, 0.25) is 5.02 Å². The highest BCUT2D eigenvalue weighted by Gasteiger charge is 2.22. The summed E-state index contributed by atoms with van der Waals surface area (Å²) in [6, 6.07) is 11.0. The second-order valence-corrected chi connectivity index (χ2v) is 8.83. The molecule has 8 nitrogen and oxygen atoms in total. The lowest BCUT2D eigenvalue weighted by molar-refractivity contribution is 0.108. The molecule has 0 amide bonds. The monoisotopic (exact) mass is 482 g/mol. The van der Waals surface area contributed by atoms with Crippen LogP contribution in [0.5, 0.6) is 5.75 Å². The number of nitrogens with zero attached hydrogens (tertiary/aromatic N) is 2. The van der Waals surface area contributed by atoms with Gasteiger partial charge in [-0.1, -0.05) is 11.6 Å². The van der Waals surface area contributed by atoms with E-state index in [4.69, 9.17) is 25.5 Å². The van der Waals surface area contributed by atoms with E-state index in [0.717, 1.165) is 26.2 Å². The lowest BCUT2D eigenvalue weighted by Gasteiger charge is -2.34. The van der Waals surface area contributed by atoms with Gasteiger partial charge in [-0.15, -0.1) is 0 Å². The Morgan fingerprint density at radius 1 is 0.912 bits per heavy atom. The summed E-state index contributed by atoms with van der Waals surface area (Å²) in [6.45, 7) is 4.20. The molecule has 1 aliphatic heterocycles. The molecule has 0 saturated carbocycles. The van der Waals surface area contributed by atoms with Gasteiger partial charge in [-0.2, -0.15) is 0 Å². The lowest BCUT2D eigenvalue weighted by Crippen LogP contribution is -2.46. The third-order valence-corrected chi connectivity index (χ3v) is 6.47. The minimum Gasteiger partial charge on any atom is -0.507 e. The maximum atomic E-state index is 12.8. The normalized spacial score (nSPS) is 15.4. The number of rotatable bonds is 5. The van der Waals surface area contributed by atoms with Gasteiger partial charge in [-0.05, 0) is 36.4 Å². The standard InChI is InChI=1S/C25H23ClN2O6/c26-16-1-4-22-15(11-16)12-19(25(32)33-22)18-13-23(31)34-24-17(18)2-3-21(30)20(24)14-28-7-5-27(6-8-28)9-10-29/h1-4,11-13,29-30H,5-10,14H2. The zero-order chi connectivity index (χ0) is 23.8. The number of halogens is 1. The molecular formula is C25H23ClN2O6. The van der Waals surface area contributed by atoms with E-state index in [1.165, 1.54) is 6.07 Å². The van der Waals surface area contributed by atoms with Crippen LogP contribution in [0.4, 0.5) is 0 Å². The maximum Gasteiger partial charge on any atom is 0.344 e. The predicted molar refractivity (Wildman–Crippen MR) is 129 cm³/mol. The highest BCUT2D eigenvalue weighted by molar-refractivity contribution is 6.31. The minimum atomic E-state index is -0.632. The average Bonchev–Trinajstić information content (AvgIpc) is 2.81. The topological polar surface area (TPSA) is 107 Å². The summed E-state index contributed by atoms with van der Waals surface area (Å²) in [7, 11) is 0. The number of aliphatic hydroxyl groups is 1. The highest BCUT2D eigenvalue weighted by Crippen LogP contribution is 2.34. The minimum absolute atomic E-state index is 0.0166. The molecule has 4 aromatic rings. The number of fused-ring (bicyclic) bond motifs is 2. The summed E-state index contributed by atoms with van der Waals surface area (Å²) < 4.78 is 11.0. The molecule has 9 heteroatoms. The summed E-state index contributed by atoms with van der Waals surface area (Å²) in [4.78, 5) is 29.7. The first-order chi connectivity index (χ1) is 16.4. The first-order valence-corrected chi connectivity index (χ1v) is 11.4. The third-order valence-electron chi connectivity index (χ3n) is 6.24. The van der Waals surface area contributed by atoms with Gasteiger partial charge in [0, 0.05) is 66.7 Å². The number of benzene rings is 2. The van der Waals surface area contributed by atoms with Crippen molar-refractivity contribution >= 4 is 33.5 Å². The summed E-state index contributed by atoms with van der Waals surface area (Å²) in [5.74, 6) is 0.0166. The number of aromatic hydroxyl groups is 1. The molecule has 1 saturated heterocycles. The molecular weight excluding hydrogens is 460 g/mol. The molecule has 0 aliphatic carbocycles. The van der Waals surface area contributed by atoms with Gasteiger partial charge < -0.3 is 19.0 Å². The molecule has 1 aliphatic rings. The van der Waals surface area contributed by atoms with E-state index < -0.39 is 11.3 Å². The third kappa shape index (κ3) is 4.33. The fraction of sp³-hybridized carbons (Fsp3) is 0.280. The molecule has 2 aromatic heterocycles. The van der Waals surface area contributed by atoms with Crippen LogP contribution in [0, 0.1) is 0 Å². The van der Waals surface area contributed by atoms with Gasteiger partial charge in [-0.3, -0.25) is 9.80 Å². The van der Waals surface area contributed by atoms with E-state index in [2.05, 4.69) is 9.80 Å². The number of β-amino-alcohol motifs (C(OH)–C–C–N with tert-alkyl or cyclic N) is 1. The second-order valence-electron chi connectivity index (χ2n) is 8.39. The van der Waals surface area contributed by atoms with Crippen molar-refractivity contribution in [1.82, 2.24) is 9.80 Å². The highest BCUT2D eigenvalue weighted by atomic mass is 35.5. The first-order valence-electron chi connectivity index (χ1n) is 11.0. The van der Waals surface area contributed by atoms with Crippen molar-refractivity contribution in [1.29, 1.82) is 0 Å². The Hall–Kier alpha value is -3.17. The molecule has 2 N–H and O–H groups in total. The van der Waals surface area contributed by atoms with Crippen LogP contribution in [-0.4, -0.2) is 59.3 Å². The van der Waals surface area contributed by atoms with E-state index >= 15 is 0 Å². The van der Waals surface area contributed by atoms with E-state index in [1.54, 1.807) is 36.4 Å². The molecule has 1 fully saturated rings. The number of phenolic OH excluding ortho intramolecular Hbond substituents is 1. The van der Waals surface area contributed by atoms with Crippen molar-refractivity contribution in [3.05, 3.63) is 73.9 Å². The van der Waals surface area contributed by atoms with Crippen LogP contribution >= 0.6 is 11.6 Å². The number of hydrogen-bond donors (Lipinski definition) is 2.